The SMILES string of the molecule is C/C=C/Cn1cccc1CO. The fourth-order valence-corrected chi connectivity index (χ4v) is 0.990. The first-order valence-corrected chi connectivity index (χ1v) is 3.74. The van der Waals surface area contributed by atoms with E-state index in [1.165, 1.54) is 0 Å². The third kappa shape index (κ3) is 1.95. The summed E-state index contributed by atoms with van der Waals surface area (Å²) < 4.78 is 2.01. The lowest BCUT2D eigenvalue weighted by atomic mass is 10.4. The topological polar surface area (TPSA) is 25.2 Å². The van der Waals surface area contributed by atoms with Crippen LogP contribution in [0.15, 0.2) is 30.5 Å². The van der Waals surface area contributed by atoms with E-state index in [0.717, 1.165) is 12.2 Å². The third-order valence-corrected chi connectivity index (χ3v) is 1.62. The number of hydrogen-bond donors (Lipinski definition) is 1. The Bertz CT molecular complexity index is 237. The number of allylic oxidation sites excluding steroid dienone is 2. The van der Waals surface area contributed by atoms with Crippen LogP contribution in [0.25, 0.3) is 0 Å². The van der Waals surface area contributed by atoms with Gasteiger partial charge in [0.15, 0.2) is 0 Å². The Morgan fingerprint density at radius 1 is 1.64 bits per heavy atom. The van der Waals surface area contributed by atoms with Gasteiger partial charge in [-0.05, 0) is 19.1 Å². The van der Waals surface area contributed by atoms with Gasteiger partial charge in [0.05, 0.1) is 6.61 Å². The zero-order valence-electron chi connectivity index (χ0n) is 6.70. The summed E-state index contributed by atoms with van der Waals surface area (Å²) in [7, 11) is 0. The predicted octanol–water partition coefficient (Wildman–Crippen LogP) is 1.56. The molecular formula is C9H13NO. The number of hydrogen-bond acceptors (Lipinski definition) is 1. The van der Waals surface area contributed by atoms with Gasteiger partial charge in [-0.3, -0.25) is 0 Å². The van der Waals surface area contributed by atoms with Gasteiger partial charge in [0.2, 0.25) is 0 Å². The highest BCUT2D eigenvalue weighted by molar-refractivity contribution is 5.06. The minimum Gasteiger partial charge on any atom is -0.390 e. The molecule has 11 heavy (non-hydrogen) atoms. The number of aliphatic hydroxyl groups is 1. The minimum atomic E-state index is 0.116. The van der Waals surface area contributed by atoms with Crippen LogP contribution in [0.4, 0.5) is 0 Å². The van der Waals surface area contributed by atoms with Crippen molar-refractivity contribution in [1.82, 2.24) is 4.57 Å². The molecule has 60 valence electrons. The van der Waals surface area contributed by atoms with E-state index in [1.807, 2.05) is 35.9 Å². The first kappa shape index (κ1) is 8.08. The quantitative estimate of drug-likeness (QED) is 0.651. The van der Waals surface area contributed by atoms with Crippen molar-refractivity contribution in [1.29, 1.82) is 0 Å². The Morgan fingerprint density at radius 2 is 2.45 bits per heavy atom. The standard InChI is InChI=1S/C9H13NO/c1-2-3-6-10-7-4-5-9(10)8-11/h2-5,7,11H,6,8H2,1H3/b3-2+. The fourth-order valence-electron chi connectivity index (χ4n) is 0.990. The molecule has 2 heteroatoms. The summed E-state index contributed by atoms with van der Waals surface area (Å²) in [6.07, 6.45) is 6.02. The van der Waals surface area contributed by atoms with Gasteiger partial charge in [0.1, 0.15) is 0 Å². The molecule has 0 aliphatic rings. The molecule has 0 saturated carbocycles. The van der Waals surface area contributed by atoms with Gasteiger partial charge in [-0.25, -0.2) is 0 Å². The van der Waals surface area contributed by atoms with Crippen molar-refractivity contribution in [3.63, 3.8) is 0 Å². The first-order chi connectivity index (χ1) is 5.38. The van der Waals surface area contributed by atoms with Gasteiger partial charge in [-0.15, -0.1) is 0 Å². The molecule has 0 aromatic carbocycles. The molecule has 0 unspecified atom stereocenters. The Kier molecular flexibility index (Phi) is 2.93. The number of rotatable bonds is 3. The number of aliphatic hydroxyl groups excluding tert-OH is 1. The minimum absolute atomic E-state index is 0.116. The zero-order valence-corrected chi connectivity index (χ0v) is 6.70. The molecule has 0 saturated heterocycles. The van der Waals surface area contributed by atoms with Crippen molar-refractivity contribution in [2.75, 3.05) is 0 Å². The molecule has 2 nitrogen and oxygen atoms in total. The van der Waals surface area contributed by atoms with Crippen LogP contribution < -0.4 is 0 Å². The molecule has 1 N–H and O–H groups in total. The van der Waals surface area contributed by atoms with Crippen molar-refractivity contribution in [3.8, 4) is 0 Å². The average Bonchev–Trinajstić information content (AvgIpc) is 2.47. The second kappa shape index (κ2) is 3.98. The van der Waals surface area contributed by atoms with Crippen molar-refractivity contribution in [3.05, 3.63) is 36.2 Å². The Morgan fingerprint density at radius 3 is 3.09 bits per heavy atom. The summed E-state index contributed by atoms with van der Waals surface area (Å²) in [4.78, 5) is 0. The summed E-state index contributed by atoms with van der Waals surface area (Å²) in [5.41, 5.74) is 0.961. The summed E-state index contributed by atoms with van der Waals surface area (Å²) in [5.74, 6) is 0. The fraction of sp³-hybridized carbons (Fsp3) is 0.333. The highest BCUT2D eigenvalue weighted by Gasteiger charge is 1.94. The first-order valence-electron chi connectivity index (χ1n) is 3.74. The van der Waals surface area contributed by atoms with E-state index >= 15 is 0 Å². The second-order valence-electron chi connectivity index (χ2n) is 2.38. The van der Waals surface area contributed by atoms with E-state index in [9.17, 15) is 0 Å². The molecule has 0 radical (unpaired) electrons. The van der Waals surface area contributed by atoms with Gasteiger partial charge >= 0.3 is 0 Å². The lowest BCUT2D eigenvalue weighted by molar-refractivity contribution is 0.272. The largest absolute Gasteiger partial charge is 0.390 e. The van der Waals surface area contributed by atoms with Crippen molar-refractivity contribution in [2.45, 2.75) is 20.1 Å². The van der Waals surface area contributed by atoms with Gasteiger partial charge < -0.3 is 9.67 Å². The lowest BCUT2D eigenvalue weighted by Crippen LogP contribution is -1.98. The van der Waals surface area contributed by atoms with Crippen molar-refractivity contribution < 1.29 is 5.11 Å². The van der Waals surface area contributed by atoms with E-state index in [-0.39, 0.29) is 6.61 Å². The van der Waals surface area contributed by atoms with Gasteiger partial charge in [0.25, 0.3) is 0 Å². The van der Waals surface area contributed by atoms with E-state index in [4.69, 9.17) is 5.11 Å². The molecular weight excluding hydrogens is 138 g/mol. The molecule has 0 aliphatic heterocycles. The van der Waals surface area contributed by atoms with E-state index in [2.05, 4.69) is 6.08 Å². The number of nitrogens with zero attached hydrogens (tertiary/aromatic N) is 1. The van der Waals surface area contributed by atoms with Crippen molar-refractivity contribution >= 4 is 0 Å². The zero-order chi connectivity index (χ0) is 8.10. The molecule has 0 amide bonds. The van der Waals surface area contributed by atoms with Crippen LogP contribution in [-0.2, 0) is 13.2 Å². The smallest absolute Gasteiger partial charge is 0.0832 e. The van der Waals surface area contributed by atoms with Gasteiger partial charge in [-0.1, -0.05) is 12.2 Å². The molecule has 1 heterocycles. The van der Waals surface area contributed by atoms with Gasteiger partial charge in [-0.2, -0.15) is 0 Å². The summed E-state index contributed by atoms with van der Waals surface area (Å²) in [6.45, 7) is 2.95. The van der Waals surface area contributed by atoms with Crippen LogP contribution >= 0.6 is 0 Å². The maximum atomic E-state index is 8.86. The van der Waals surface area contributed by atoms with Crippen LogP contribution in [0.5, 0.6) is 0 Å². The van der Waals surface area contributed by atoms with Crippen LogP contribution in [-0.4, -0.2) is 9.67 Å². The molecule has 1 aromatic rings. The molecule has 1 aromatic heterocycles. The Balaban J connectivity index is 2.68. The molecule has 0 fully saturated rings. The molecule has 0 atom stereocenters. The normalized spacial score (nSPS) is 11.1. The molecule has 0 aliphatic carbocycles. The Labute approximate surface area is 66.8 Å². The second-order valence-corrected chi connectivity index (χ2v) is 2.38. The monoisotopic (exact) mass is 151 g/mol. The maximum Gasteiger partial charge on any atom is 0.0832 e. The molecule has 0 spiro atoms. The molecule has 0 bridgehead atoms. The summed E-state index contributed by atoms with van der Waals surface area (Å²) >= 11 is 0. The lowest BCUT2D eigenvalue weighted by Gasteiger charge is -2.01. The Hall–Kier alpha value is -1.02. The van der Waals surface area contributed by atoms with E-state index < -0.39 is 0 Å². The average molecular weight is 151 g/mol. The third-order valence-electron chi connectivity index (χ3n) is 1.62. The summed E-state index contributed by atoms with van der Waals surface area (Å²) in [6, 6.07) is 3.86. The van der Waals surface area contributed by atoms with E-state index in [1.54, 1.807) is 0 Å². The molecule has 1 rings (SSSR count). The number of aromatic nitrogens is 1. The van der Waals surface area contributed by atoms with Crippen LogP contribution in [0.2, 0.25) is 0 Å². The van der Waals surface area contributed by atoms with Crippen LogP contribution in [0, 0.1) is 0 Å². The van der Waals surface area contributed by atoms with Crippen molar-refractivity contribution in [2.24, 2.45) is 0 Å². The van der Waals surface area contributed by atoms with E-state index in [0.29, 0.717) is 0 Å². The van der Waals surface area contributed by atoms with Gasteiger partial charge in [0, 0.05) is 18.4 Å². The van der Waals surface area contributed by atoms with Crippen LogP contribution in [0.3, 0.4) is 0 Å². The highest BCUT2D eigenvalue weighted by Crippen LogP contribution is 2.01. The summed E-state index contributed by atoms with van der Waals surface area (Å²) in [5, 5.41) is 8.86. The highest BCUT2D eigenvalue weighted by atomic mass is 16.3. The van der Waals surface area contributed by atoms with Crippen LogP contribution in [0.1, 0.15) is 12.6 Å². The predicted molar refractivity (Wildman–Crippen MR) is 45.2 cm³/mol. The maximum absolute atomic E-state index is 8.86.